The number of para-hydroxylation sites is 1. The summed E-state index contributed by atoms with van der Waals surface area (Å²) in [6.07, 6.45) is -3.13. The number of nitrogens with zero attached hydrogens (tertiary/aromatic N) is 3. The second kappa shape index (κ2) is 7.66. The normalized spacial score (nSPS) is 11.2. The summed E-state index contributed by atoms with van der Waals surface area (Å²) in [5.74, 6) is 0.298. The Labute approximate surface area is 135 Å². The van der Waals surface area contributed by atoms with Gasteiger partial charge in [-0.1, -0.05) is 12.1 Å². The van der Waals surface area contributed by atoms with Gasteiger partial charge in [0.05, 0.1) is 18.7 Å². The maximum atomic E-state index is 12.8. The molecule has 7 nitrogen and oxygen atoms in total. The van der Waals surface area contributed by atoms with E-state index < -0.39 is 17.8 Å². The minimum atomic E-state index is -4.49. The lowest BCUT2D eigenvalue weighted by atomic mass is 10.2. The van der Waals surface area contributed by atoms with E-state index in [0.717, 1.165) is 6.07 Å². The van der Waals surface area contributed by atoms with Crippen LogP contribution in [0.5, 0.6) is 5.75 Å². The molecular formula is C14H16F3N5O2. The number of halogens is 3. The van der Waals surface area contributed by atoms with Gasteiger partial charge in [-0.05, 0) is 12.1 Å². The third-order valence-electron chi connectivity index (χ3n) is 3.05. The van der Waals surface area contributed by atoms with Crippen LogP contribution in [0.25, 0.3) is 0 Å². The molecule has 0 unspecified atom stereocenters. The zero-order valence-electron chi connectivity index (χ0n) is 12.8. The monoisotopic (exact) mass is 343 g/mol. The lowest BCUT2D eigenvalue weighted by Gasteiger charge is -2.14. The molecule has 0 aliphatic rings. The Balaban J connectivity index is 1.73. The van der Waals surface area contributed by atoms with Crippen LogP contribution in [0.3, 0.4) is 0 Å². The average molecular weight is 343 g/mol. The quantitative estimate of drug-likeness (QED) is 0.783. The molecule has 0 aliphatic carbocycles. The van der Waals surface area contributed by atoms with Crippen molar-refractivity contribution in [3.63, 3.8) is 0 Å². The van der Waals surface area contributed by atoms with Crippen LogP contribution in [0.2, 0.25) is 0 Å². The first-order valence-corrected chi connectivity index (χ1v) is 7.01. The molecule has 10 heteroatoms. The van der Waals surface area contributed by atoms with Gasteiger partial charge < -0.3 is 15.4 Å². The summed E-state index contributed by atoms with van der Waals surface area (Å²) in [6.45, 7) is 0.140. The van der Waals surface area contributed by atoms with Crippen molar-refractivity contribution in [2.24, 2.45) is 7.05 Å². The van der Waals surface area contributed by atoms with Crippen LogP contribution in [0.4, 0.5) is 18.0 Å². The number of carbonyl (C=O) groups excluding carboxylic acids is 1. The Kier molecular flexibility index (Phi) is 5.61. The highest BCUT2D eigenvalue weighted by Crippen LogP contribution is 2.35. The van der Waals surface area contributed by atoms with Crippen LogP contribution in [0.1, 0.15) is 11.4 Å². The number of carbonyl (C=O) groups is 1. The van der Waals surface area contributed by atoms with Gasteiger partial charge in [0, 0.05) is 7.05 Å². The summed E-state index contributed by atoms with van der Waals surface area (Å²) < 4.78 is 44.9. The van der Waals surface area contributed by atoms with E-state index in [-0.39, 0.29) is 25.4 Å². The van der Waals surface area contributed by atoms with Crippen molar-refractivity contribution in [2.75, 3.05) is 13.2 Å². The van der Waals surface area contributed by atoms with Crippen molar-refractivity contribution < 1.29 is 22.7 Å². The van der Waals surface area contributed by atoms with Gasteiger partial charge in [-0.2, -0.15) is 18.3 Å². The first-order valence-electron chi connectivity index (χ1n) is 7.01. The van der Waals surface area contributed by atoms with E-state index in [1.165, 1.54) is 29.2 Å². The van der Waals surface area contributed by atoms with Gasteiger partial charge in [0.25, 0.3) is 0 Å². The lowest BCUT2D eigenvalue weighted by Crippen LogP contribution is -2.37. The van der Waals surface area contributed by atoms with Gasteiger partial charge in [0.1, 0.15) is 24.5 Å². The molecule has 2 amide bonds. The van der Waals surface area contributed by atoms with Gasteiger partial charge in [0.15, 0.2) is 0 Å². The van der Waals surface area contributed by atoms with E-state index in [0.29, 0.717) is 5.82 Å². The van der Waals surface area contributed by atoms with E-state index >= 15 is 0 Å². The molecule has 0 saturated heterocycles. The minimum Gasteiger partial charge on any atom is -0.491 e. The highest BCUT2D eigenvalue weighted by Gasteiger charge is 2.33. The third kappa shape index (κ3) is 4.86. The molecule has 130 valence electrons. The highest BCUT2D eigenvalue weighted by atomic mass is 19.4. The van der Waals surface area contributed by atoms with Gasteiger partial charge in [-0.3, -0.25) is 4.68 Å². The molecule has 1 aromatic heterocycles. The number of alkyl halides is 3. The summed E-state index contributed by atoms with van der Waals surface area (Å²) in [4.78, 5) is 15.5. The average Bonchev–Trinajstić information content (AvgIpc) is 2.94. The van der Waals surface area contributed by atoms with Crippen molar-refractivity contribution in [1.29, 1.82) is 0 Å². The van der Waals surface area contributed by atoms with Crippen LogP contribution >= 0.6 is 0 Å². The molecule has 1 aromatic carbocycles. The lowest BCUT2D eigenvalue weighted by molar-refractivity contribution is -0.138. The maximum absolute atomic E-state index is 12.8. The number of benzene rings is 1. The first kappa shape index (κ1) is 17.6. The van der Waals surface area contributed by atoms with Crippen molar-refractivity contribution in [3.8, 4) is 5.75 Å². The predicted octanol–water partition coefficient (Wildman–Crippen LogP) is 1.71. The molecule has 0 spiro atoms. The van der Waals surface area contributed by atoms with Crippen LogP contribution in [0, 0.1) is 0 Å². The molecule has 0 aliphatic heterocycles. The number of urea groups is 1. The Hall–Kier alpha value is -2.78. The predicted molar refractivity (Wildman–Crippen MR) is 78.2 cm³/mol. The van der Waals surface area contributed by atoms with Gasteiger partial charge >= 0.3 is 12.2 Å². The fourth-order valence-electron chi connectivity index (χ4n) is 1.85. The number of rotatable bonds is 6. The molecular weight excluding hydrogens is 327 g/mol. The van der Waals surface area contributed by atoms with Crippen molar-refractivity contribution in [1.82, 2.24) is 25.4 Å². The van der Waals surface area contributed by atoms with E-state index in [9.17, 15) is 18.0 Å². The molecule has 2 N–H and O–H groups in total. The molecule has 2 aromatic rings. The van der Waals surface area contributed by atoms with Gasteiger partial charge in [-0.25, -0.2) is 9.78 Å². The van der Waals surface area contributed by atoms with Crippen molar-refractivity contribution in [2.45, 2.75) is 12.7 Å². The molecule has 0 fully saturated rings. The first-order chi connectivity index (χ1) is 11.4. The van der Waals surface area contributed by atoms with E-state index in [2.05, 4.69) is 20.7 Å². The topological polar surface area (TPSA) is 81.1 Å². The second-order valence-corrected chi connectivity index (χ2v) is 4.75. The van der Waals surface area contributed by atoms with Crippen LogP contribution < -0.4 is 15.4 Å². The molecule has 2 rings (SSSR count). The summed E-state index contributed by atoms with van der Waals surface area (Å²) in [5, 5.41) is 8.88. The maximum Gasteiger partial charge on any atom is 0.419 e. The number of amides is 2. The Morgan fingerprint density at radius 1 is 1.29 bits per heavy atom. The van der Waals surface area contributed by atoms with Crippen LogP contribution in [-0.4, -0.2) is 33.9 Å². The molecule has 0 saturated carbocycles. The van der Waals surface area contributed by atoms with Crippen molar-refractivity contribution >= 4 is 6.03 Å². The van der Waals surface area contributed by atoms with Crippen LogP contribution in [-0.2, 0) is 19.8 Å². The van der Waals surface area contributed by atoms with E-state index in [1.807, 2.05) is 0 Å². The fourth-order valence-corrected chi connectivity index (χ4v) is 1.85. The van der Waals surface area contributed by atoms with Crippen molar-refractivity contribution in [3.05, 3.63) is 42.0 Å². The number of hydrogen-bond donors (Lipinski definition) is 2. The SMILES string of the molecule is Cn1ncnc1CNC(=O)NCCOc1ccccc1C(F)(F)F. The third-order valence-corrected chi connectivity index (χ3v) is 3.05. The van der Waals surface area contributed by atoms with Crippen LogP contribution in [0.15, 0.2) is 30.6 Å². The molecule has 0 bridgehead atoms. The minimum absolute atomic E-state index is 0.0524. The van der Waals surface area contributed by atoms with Gasteiger partial charge in [-0.15, -0.1) is 0 Å². The molecule has 1 heterocycles. The summed E-state index contributed by atoms with van der Waals surface area (Å²) in [7, 11) is 1.69. The summed E-state index contributed by atoms with van der Waals surface area (Å²) in [5.41, 5.74) is -0.850. The summed E-state index contributed by atoms with van der Waals surface area (Å²) >= 11 is 0. The zero-order valence-corrected chi connectivity index (χ0v) is 12.8. The van der Waals surface area contributed by atoms with Gasteiger partial charge in [0.2, 0.25) is 0 Å². The Bertz CT molecular complexity index is 687. The number of hydrogen-bond acceptors (Lipinski definition) is 4. The number of ether oxygens (including phenoxy) is 1. The molecule has 0 atom stereocenters. The Morgan fingerprint density at radius 2 is 2.04 bits per heavy atom. The second-order valence-electron chi connectivity index (χ2n) is 4.75. The number of aromatic nitrogens is 3. The zero-order chi connectivity index (χ0) is 17.6. The molecule has 0 radical (unpaired) electrons. The largest absolute Gasteiger partial charge is 0.491 e. The summed E-state index contributed by atoms with van der Waals surface area (Å²) in [6, 6.07) is 4.43. The standard InChI is InChI=1S/C14H16F3N5O2/c1-22-12(20-9-21-22)8-19-13(23)18-6-7-24-11-5-3-2-4-10(11)14(15,16)17/h2-5,9H,6-8H2,1H3,(H2,18,19,23). The highest BCUT2D eigenvalue weighted by molar-refractivity contribution is 5.73. The smallest absolute Gasteiger partial charge is 0.419 e. The molecule has 24 heavy (non-hydrogen) atoms. The fraction of sp³-hybridized carbons (Fsp3) is 0.357. The number of nitrogens with one attached hydrogen (secondary N) is 2. The van der Waals surface area contributed by atoms with E-state index in [4.69, 9.17) is 4.74 Å². The van der Waals surface area contributed by atoms with E-state index in [1.54, 1.807) is 7.05 Å². The number of aryl methyl sites for hydroxylation is 1. The Morgan fingerprint density at radius 3 is 2.71 bits per heavy atom.